The second-order valence-electron chi connectivity index (χ2n) is 7.94. The first-order valence-electron chi connectivity index (χ1n) is 10.8. The summed E-state index contributed by atoms with van der Waals surface area (Å²) in [6.07, 6.45) is 0. The SMILES string of the molecule is COc1cccc(-n2c(-c3ccc(Cl)cc3)cc(C(=O)NCc3ccc4c(c3)OCO4)c2C)c1. The number of hydrogen-bond donors (Lipinski definition) is 1. The van der Waals surface area contributed by atoms with Gasteiger partial charge in [0.2, 0.25) is 6.79 Å². The smallest absolute Gasteiger partial charge is 0.253 e. The molecule has 34 heavy (non-hydrogen) atoms. The van der Waals surface area contributed by atoms with E-state index in [-0.39, 0.29) is 12.7 Å². The fourth-order valence-electron chi connectivity index (χ4n) is 4.08. The molecule has 0 spiro atoms. The molecule has 2 heterocycles. The minimum atomic E-state index is -0.160. The van der Waals surface area contributed by atoms with E-state index < -0.39 is 0 Å². The highest BCUT2D eigenvalue weighted by molar-refractivity contribution is 6.30. The molecule has 172 valence electrons. The van der Waals surface area contributed by atoms with Crippen LogP contribution in [0.15, 0.2) is 72.8 Å². The number of nitrogens with zero attached hydrogens (tertiary/aromatic N) is 1. The molecule has 1 N–H and O–H groups in total. The van der Waals surface area contributed by atoms with Gasteiger partial charge in [0.1, 0.15) is 5.75 Å². The van der Waals surface area contributed by atoms with Crippen LogP contribution in [0.25, 0.3) is 16.9 Å². The second kappa shape index (κ2) is 9.15. The van der Waals surface area contributed by atoms with Crippen LogP contribution in [0.3, 0.4) is 0 Å². The Morgan fingerprint density at radius 3 is 2.62 bits per heavy atom. The van der Waals surface area contributed by atoms with Crippen LogP contribution in [-0.2, 0) is 6.54 Å². The quantitative estimate of drug-likeness (QED) is 0.385. The summed E-state index contributed by atoms with van der Waals surface area (Å²) in [5, 5.41) is 3.68. The Morgan fingerprint density at radius 2 is 1.82 bits per heavy atom. The maximum atomic E-state index is 13.3. The number of methoxy groups -OCH3 is 1. The van der Waals surface area contributed by atoms with Crippen molar-refractivity contribution in [2.45, 2.75) is 13.5 Å². The first-order valence-corrected chi connectivity index (χ1v) is 11.2. The highest BCUT2D eigenvalue weighted by Gasteiger charge is 2.20. The van der Waals surface area contributed by atoms with Crippen molar-refractivity contribution in [2.24, 2.45) is 0 Å². The van der Waals surface area contributed by atoms with Crippen molar-refractivity contribution < 1.29 is 19.0 Å². The van der Waals surface area contributed by atoms with Gasteiger partial charge in [-0.25, -0.2) is 0 Å². The summed E-state index contributed by atoms with van der Waals surface area (Å²) in [6, 6.07) is 22.9. The van der Waals surface area contributed by atoms with Crippen LogP contribution in [-0.4, -0.2) is 24.4 Å². The predicted octanol–water partition coefficient (Wildman–Crippen LogP) is 5.77. The summed E-state index contributed by atoms with van der Waals surface area (Å²) in [4.78, 5) is 13.3. The maximum Gasteiger partial charge on any atom is 0.253 e. The van der Waals surface area contributed by atoms with Gasteiger partial charge in [-0.05, 0) is 60.5 Å². The Balaban J connectivity index is 1.49. The lowest BCUT2D eigenvalue weighted by Crippen LogP contribution is -2.23. The van der Waals surface area contributed by atoms with Crippen molar-refractivity contribution in [1.82, 2.24) is 9.88 Å². The molecule has 0 unspecified atom stereocenters. The van der Waals surface area contributed by atoms with E-state index in [1.807, 2.05) is 79.7 Å². The van der Waals surface area contributed by atoms with E-state index in [1.165, 1.54) is 0 Å². The summed E-state index contributed by atoms with van der Waals surface area (Å²) >= 11 is 6.11. The molecular weight excluding hydrogens is 452 g/mol. The van der Waals surface area contributed by atoms with Gasteiger partial charge >= 0.3 is 0 Å². The molecule has 5 rings (SSSR count). The highest BCUT2D eigenvalue weighted by atomic mass is 35.5. The van der Waals surface area contributed by atoms with Crippen LogP contribution in [0.1, 0.15) is 21.6 Å². The summed E-state index contributed by atoms with van der Waals surface area (Å²) in [6.45, 7) is 2.53. The number of rotatable bonds is 6. The second-order valence-corrected chi connectivity index (χ2v) is 8.38. The molecule has 0 saturated heterocycles. The van der Waals surface area contributed by atoms with E-state index in [4.69, 9.17) is 25.8 Å². The first kappa shape index (κ1) is 21.9. The third-order valence-electron chi connectivity index (χ3n) is 5.83. The van der Waals surface area contributed by atoms with Crippen LogP contribution in [0, 0.1) is 6.92 Å². The van der Waals surface area contributed by atoms with E-state index >= 15 is 0 Å². The topological polar surface area (TPSA) is 61.7 Å². The van der Waals surface area contributed by atoms with Gasteiger partial charge in [0.05, 0.1) is 18.4 Å². The van der Waals surface area contributed by atoms with Gasteiger partial charge < -0.3 is 24.1 Å². The van der Waals surface area contributed by atoms with Gasteiger partial charge in [0.25, 0.3) is 5.91 Å². The molecule has 1 aromatic heterocycles. The third kappa shape index (κ3) is 4.20. The number of halogens is 1. The Hall–Kier alpha value is -3.90. The number of fused-ring (bicyclic) bond motifs is 1. The Morgan fingerprint density at radius 1 is 1.03 bits per heavy atom. The number of carbonyl (C=O) groups is 1. The number of hydrogen-bond acceptors (Lipinski definition) is 4. The maximum absolute atomic E-state index is 13.3. The largest absolute Gasteiger partial charge is 0.497 e. The molecular formula is C27H23ClN2O4. The van der Waals surface area contributed by atoms with E-state index in [0.29, 0.717) is 28.6 Å². The molecule has 7 heteroatoms. The standard InChI is InChI=1S/C27H23ClN2O4/c1-17-23(27(31)29-15-18-6-11-25-26(12-18)34-16-33-25)14-24(19-7-9-20(28)10-8-19)30(17)21-4-3-5-22(13-21)32-2/h3-14H,15-16H2,1-2H3,(H,29,31). The van der Waals surface area contributed by atoms with E-state index in [2.05, 4.69) is 9.88 Å². The van der Waals surface area contributed by atoms with Gasteiger partial charge in [0.15, 0.2) is 11.5 Å². The Labute approximate surface area is 202 Å². The minimum Gasteiger partial charge on any atom is -0.497 e. The minimum absolute atomic E-state index is 0.160. The predicted molar refractivity (Wildman–Crippen MR) is 131 cm³/mol. The molecule has 0 fully saturated rings. The van der Waals surface area contributed by atoms with Gasteiger partial charge in [-0.2, -0.15) is 0 Å². The molecule has 0 radical (unpaired) electrons. The molecule has 0 atom stereocenters. The highest BCUT2D eigenvalue weighted by Crippen LogP contribution is 2.33. The molecule has 1 amide bonds. The number of benzene rings is 3. The van der Waals surface area contributed by atoms with Crippen molar-refractivity contribution in [1.29, 1.82) is 0 Å². The lowest BCUT2D eigenvalue weighted by Gasteiger charge is -2.14. The molecule has 0 bridgehead atoms. The zero-order valence-electron chi connectivity index (χ0n) is 18.8. The number of amides is 1. The van der Waals surface area contributed by atoms with Crippen LogP contribution in [0.2, 0.25) is 5.02 Å². The molecule has 4 aromatic rings. The fraction of sp³-hybridized carbons (Fsp3) is 0.148. The summed E-state index contributed by atoms with van der Waals surface area (Å²) in [5.74, 6) is 1.99. The first-order chi connectivity index (χ1) is 16.5. The van der Waals surface area contributed by atoms with Crippen LogP contribution >= 0.6 is 11.6 Å². The summed E-state index contributed by atoms with van der Waals surface area (Å²) < 4.78 is 18.3. The molecule has 1 aliphatic rings. The van der Waals surface area contributed by atoms with Gasteiger partial charge in [-0.15, -0.1) is 0 Å². The zero-order chi connectivity index (χ0) is 23.7. The molecule has 0 saturated carbocycles. The van der Waals surface area contributed by atoms with Crippen molar-refractivity contribution in [3.05, 3.63) is 94.6 Å². The average Bonchev–Trinajstić information content (AvgIpc) is 3.47. The van der Waals surface area contributed by atoms with Crippen molar-refractivity contribution in [3.63, 3.8) is 0 Å². The lowest BCUT2D eigenvalue weighted by atomic mass is 10.1. The number of ether oxygens (including phenoxy) is 3. The van der Waals surface area contributed by atoms with Crippen LogP contribution in [0.4, 0.5) is 0 Å². The lowest BCUT2D eigenvalue weighted by molar-refractivity contribution is 0.0950. The van der Waals surface area contributed by atoms with Crippen molar-refractivity contribution >= 4 is 17.5 Å². The monoisotopic (exact) mass is 474 g/mol. The zero-order valence-corrected chi connectivity index (χ0v) is 19.6. The number of carbonyl (C=O) groups excluding carboxylic acids is 1. The van der Waals surface area contributed by atoms with Crippen LogP contribution < -0.4 is 19.5 Å². The van der Waals surface area contributed by atoms with E-state index in [9.17, 15) is 4.79 Å². The normalized spacial score (nSPS) is 12.0. The molecule has 6 nitrogen and oxygen atoms in total. The summed E-state index contributed by atoms with van der Waals surface area (Å²) in [7, 11) is 1.64. The molecule has 1 aliphatic heterocycles. The molecule has 0 aliphatic carbocycles. The third-order valence-corrected chi connectivity index (χ3v) is 6.09. The van der Waals surface area contributed by atoms with E-state index in [0.717, 1.165) is 34.0 Å². The Kier molecular flexibility index (Phi) is 5.90. The van der Waals surface area contributed by atoms with Crippen molar-refractivity contribution in [3.8, 4) is 34.2 Å². The number of nitrogens with one attached hydrogen (secondary N) is 1. The summed E-state index contributed by atoms with van der Waals surface area (Å²) in [5.41, 5.74) is 5.08. The van der Waals surface area contributed by atoms with Gasteiger partial charge in [-0.3, -0.25) is 4.79 Å². The number of aromatic nitrogens is 1. The Bertz CT molecular complexity index is 1360. The molecule has 3 aromatic carbocycles. The van der Waals surface area contributed by atoms with E-state index in [1.54, 1.807) is 7.11 Å². The van der Waals surface area contributed by atoms with Gasteiger partial charge in [-0.1, -0.05) is 35.9 Å². The average molecular weight is 475 g/mol. The van der Waals surface area contributed by atoms with Crippen molar-refractivity contribution in [2.75, 3.05) is 13.9 Å². The van der Waals surface area contributed by atoms with Crippen LogP contribution in [0.5, 0.6) is 17.2 Å². The van der Waals surface area contributed by atoms with Gasteiger partial charge in [0, 0.05) is 29.0 Å². The fourth-order valence-corrected chi connectivity index (χ4v) is 4.21.